The summed E-state index contributed by atoms with van der Waals surface area (Å²) in [4.78, 5) is 35.8. The van der Waals surface area contributed by atoms with Crippen molar-refractivity contribution in [2.45, 2.75) is 39.2 Å². The van der Waals surface area contributed by atoms with E-state index in [0.717, 1.165) is 0 Å². The number of carbonyl (C=O) groups is 3. The Labute approximate surface area is 118 Å². The Bertz CT molecular complexity index is 378. The van der Waals surface area contributed by atoms with Crippen LogP contribution in [-0.2, 0) is 9.59 Å². The zero-order valence-electron chi connectivity index (χ0n) is 12.0. The van der Waals surface area contributed by atoms with Gasteiger partial charge in [0.2, 0.25) is 5.91 Å². The van der Waals surface area contributed by atoms with Gasteiger partial charge in [0, 0.05) is 19.0 Å². The molecule has 0 aromatic rings. The largest absolute Gasteiger partial charge is 0.480 e. The fourth-order valence-electron chi connectivity index (χ4n) is 2.27. The van der Waals surface area contributed by atoms with Crippen LogP contribution in [0.2, 0.25) is 0 Å². The summed E-state index contributed by atoms with van der Waals surface area (Å²) in [6.07, 6.45) is 1.73. The van der Waals surface area contributed by atoms with Crippen molar-refractivity contribution in [3.05, 3.63) is 0 Å². The van der Waals surface area contributed by atoms with E-state index in [4.69, 9.17) is 10.8 Å². The Morgan fingerprint density at radius 2 is 1.90 bits per heavy atom. The number of carbonyl (C=O) groups excluding carboxylic acids is 2. The zero-order valence-corrected chi connectivity index (χ0v) is 12.0. The number of carboxylic acid groups (broad SMARTS) is 1. The number of nitrogens with one attached hydrogen (secondary N) is 1. The number of aliphatic carboxylic acids is 1. The van der Waals surface area contributed by atoms with Gasteiger partial charge in [-0.1, -0.05) is 20.3 Å². The second-order valence-corrected chi connectivity index (χ2v) is 5.31. The number of amides is 3. The molecule has 0 bridgehead atoms. The summed E-state index contributed by atoms with van der Waals surface area (Å²) >= 11 is 0. The molecular weight excluding hydrogens is 262 g/mol. The molecule has 114 valence electrons. The van der Waals surface area contributed by atoms with Crippen LogP contribution in [0.5, 0.6) is 0 Å². The first-order chi connectivity index (χ1) is 9.36. The average Bonchev–Trinajstić information content (AvgIpc) is 2.43. The quantitative estimate of drug-likeness (QED) is 0.678. The van der Waals surface area contributed by atoms with E-state index >= 15 is 0 Å². The van der Waals surface area contributed by atoms with E-state index in [1.54, 1.807) is 6.92 Å². The highest BCUT2D eigenvalue weighted by Crippen LogP contribution is 2.17. The Hall–Kier alpha value is -1.79. The minimum absolute atomic E-state index is 0.139. The summed E-state index contributed by atoms with van der Waals surface area (Å²) in [5, 5.41) is 11.7. The SMILES string of the molecule is CCC(C)C(NC(=O)N1CCC(C(N)=O)CC1)C(=O)O. The van der Waals surface area contributed by atoms with Crippen molar-refractivity contribution >= 4 is 17.9 Å². The number of carboxylic acids is 1. The van der Waals surface area contributed by atoms with E-state index in [1.807, 2.05) is 6.92 Å². The number of nitrogens with two attached hydrogens (primary N) is 1. The van der Waals surface area contributed by atoms with Gasteiger partial charge in [-0.3, -0.25) is 4.79 Å². The van der Waals surface area contributed by atoms with Gasteiger partial charge in [0.1, 0.15) is 6.04 Å². The van der Waals surface area contributed by atoms with Crippen LogP contribution >= 0.6 is 0 Å². The van der Waals surface area contributed by atoms with Crippen molar-refractivity contribution in [2.24, 2.45) is 17.6 Å². The Morgan fingerprint density at radius 3 is 2.30 bits per heavy atom. The van der Waals surface area contributed by atoms with Crippen LogP contribution in [0.3, 0.4) is 0 Å². The van der Waals surface area contributed by atoms with Crippen molar-refractivity contribution < 1.29 is 19.5 Å². The van der Waals surface area contributed by atoms with E-state index in [-0.39, 0.29) is 23.8 Å². The molecule has 3 amide bonds. The molecule has 0 spiro atoms. The van der Waals surface area contributed by atoms with Crippen molar-refractivity contribution in [2.75, 3.05) is 13.1 Å². The number of hydrogen-bond donors (Lipinski definition) is 3. The first kappa shape index (κ1) is 16.3. The van der Waals surface area contributed by atoms with Crippen LogP contribution in [0.25, 0.3) is 0 Å². The van der Waals surface area contributed by atoms with E-state index in [1.165, 1.54) is 4.90 Å². The monoisotopic (exact) mass is 285 g/mol. The molecule has 1 aliphatic rings. The van der Waals surface area contributed by atoms with Gasteiger partial charge >= 0.3 is 12.0 Å². The molecule has 1 fully saturated rings. The number of rotatable bonds is 5. The molecule has 0 aromatic heterocycles. The summed E-state index contributed by atoms with van der Waals surface area (Å²) in [5.41, 5.74) is 5.23. The highest BCUT2D eigenvalue weighted by atomic mass is 16.4. The molecule has 1 heterocycles. The van der Waals surface area contributed by atoms with Gasteiger partial charge in [-0.2, -0.15) is 0 Å². The average molecular weight is 285 g/mol. The summed E-state index contributed by atoms with van der Waals surface area (Å²) in [7, 11) is 0. The third-order valence-corrected chi connectivity index (χ3v) is 3.94. The number of piperidine rings is 1. The van der Waals surface area contributed by atoms with E-state index in [2.05, 4.69) is 5.32 Å². The maximum Gasteiger partial charge on any atom is 0.326 e. The summed E-state index contributed by atoms with van der Waals surface area (Å²) in [5.74, 6) is -1.70. The maximum absolute atomic E-state index is 12.0. The van der Waals surface area contributed by atoms with Crippen molar-refractivity contribution in [1.29, 1.82) is 0 Å². The van der Waals surface area contributed by atoms with Gasteiger partial charge in [-0.25, -0.2) is 9.59 Å². The van der Waals surface area contributed by atoms with Gasteiger partial charge in [-0.15, -0.1) is 0 Å². The molecule has 4 N–H and O–H groups in total. The normalized spacial score (nSPS) is 19.2. The van der Waals surface area contributed by atoms with Crippen LogP contribution in [0.1, 0.15) is 33.1 Å². The topological polar surface area (TPSA) is 113 Å². The highest BCUT2D eigenvalue weighted by Gasteiger charge is 2.30. The van der Waals surface area contributed by atoms with Crippen LogP contribution in [0, 0.1) is 11.8 Å². The Balaban J connectivity index is 2.54. The van der Waals surface area contributed by atoms with Crippen LogP contribution in [0.15, 0.2) is 0 Å². The molecule has 1 aliphatic heterocycles. The first-order valence-electron chi connectivity index (χ1n) is 6.94. The molecule has 0 aliphatic carbocycles. The lowest BCUT2D eigenvalue weighted by atomic mass is 9.96. The van der Waals surface area contributed by atoms with Gasteiger partial charge in [0.15, 0.2) is 0 Å². The van der Waals surface area contributed by atoms with Crippen molar-refractivity contribution in [3.8, 4) is 0 Å². The molecule has 0 saturated carbocycles. The van der Waals surface area contributed by atoms with Crippen LogP contribution in [-0.4, -0.2) is 47.0 Å². The van der Waals surface area contributed by atoms with Crippen LogP contribution < -0.4 is 11.1 Å². The predicted octanol–water partition coefficient (Wildman–Crippen LogP) is 0.393. The molecule has 1 saturated heterocycles. The minimum atomic E-state index is -1.03. The fraction of sp³-hybridized carbons (Fsp3) is 0.769. The summed E-state index contributed by atoms with van der Waals surface area (Å²) in [6, 6.07) is -1.28. The molecule has 1 rings (SSSR count). The van der Waals surface area contributed by atoms with Crippen molar-refractivity contribution in [3.63, 3.8) is 0 Å². The third-order valence-electron chi connectivity index (χ3n) is 3.94. The van der Waals surface area contributed by atoms with Crippen LogP contribution in [0.4, 0.5) is 4.79 Å². The van der Waals surface area contributed by atoms with E-state index in [9.17, 15) is 14.4 Å². The minimum Gasteiger partial charge on any atom is -0.480 e. The summed E-state index contributed by atoms with van der Waals surface area (Å²) < 4.78 is 0. The van der Waals surface area contributed by atoms with Gasteiger partial charge < -0.3 is 21.1 Å². The first-order valence-corrected chi connectivity index (χ1v) is 6.94. The van der Waals surface area contributed by atoms with Gasteiger partial charge in [0.05, 0.1) is 0 Å². The van der Waals surface area contributed by atoms with Gasteiger partial charge in [-0.05, 0) is 18.8 Å². The number of urea groups is 1. The molecule has 7 heteroatoms. The van der Waals surface area contributed by atoms with Gasteiger partial charge in [0.25, 0.3) is 0 Å². The maximum atomic E-state index is 12.0. The number of likely N-dealkylation sites (tertiary alicyclic amines) is 1. The molecule has 2 unspecified atom stereocenters. The summed E-state index contributed by atoms with van der Waals surface area (Å²) in [6.45, 7) is 4.52. The second kappa shape index (κ2) is 7.12. The molecule has 20 heavy (non-hydrogen) atoms. The van der Waals surface area contributed by atoms with Crippen molar-refractivity contribution in [1.82, 2.24) is 10.2 Å². The lowest BCUT2D eigenvalue weighted by Gasteiger charge is -2.32. The highest BCUT2D eigenvalue weighted by molar-refractivity contribution is 5.83. The second-order valence-electron chi connectivity index (χ2n) is 5.31. The molecule has 0 aromatic carbocycles. The smallest absolute Gasteiger partial charge is 0.326 e. The fourth-order valence-corrected chi connectivity index (χ4v) is 2.27. The Kier molecular flexibility index (Phi) is 5.79. The lowest BCUT2D eigenvalue weighted by molar-refractivity contribution is -0.140. The molecule has 0 radical (unpaired) electrons. The molecule has 7 nitrogen and oxygen atoms in total. The van der Waals surface area contributed by atoms with E-state index < -0.39 is 12.0 Å². The number of hydrogen-bond acceptors (Lipinski definition) is 3. The third kappa shape index (κ3) is 4.11. The zero-order chi connectivity index (χ0) is 15.3. The van der Waals surface area contributed by atoms with E-state index in [0.29, 0.717) is 32.4 Å². The number of nitrogens with zero attached hydrogens (tertiary/aromatic N) is 1. The Morgan fingerprint density at radius 1 is 1.35 bits per heavy atom. The number of primary amides is 1. The predicted molar refractivity (Wildman–Crippen MR) is 72.9 cm³/mol. The standard InChI is InChI=1S/C13H23N3O4/c1-3-8(2)10(12(18)19)15-13(20)16-6-4-9(5-7-16)11(14)17/h8-10H,3-7H2,1-2H3,(H2,14,17)(H,15,20)(H,18,19). The molecular formula is C13H23N3O4. The lowest BCUT2D eigenvalue weighted by Crippen LogP contribution is -2.52. The molecule has 2 atom stereocenters.